The minimum Gasteiger partial charge on any atom is -0.213 e. The van der Waals surface area contributed by atoms with E-state index in [0.717, 1.165) is 23.1 Å². The molecule has 1 heterocycles. The Morgan fingerprint density at radius 3 is 2.82 bits per heavy atom. The van der Waals surface area contributed by atoms with Gasteiger partial charge in [-0.3, -0.25) is 0 Å². The molecule has 0 amide bonds. The molecule has 0 bridgehead atoms. The van der Waals surface area contributed by atoms with Gasteiger partial charge < -0.3 is 0 Å². The molecule has 22 heavy (non-hydrogen) atoms. The Labute approximate surface area is 131 Å². The number of fused-ring (bicyclic) bond motifs is 1. The van der Waals surface area contributed by atoms with E-state index in [2.05, 4.69) is 48.1 Å². The summed E-state index contributed by atoms with van der Waals surface area (Å²) in [4.78, 5) is 0. The van der Waals surface area contributed by atoms with E-state index >= 15 is 0 Å². The van der Waals surface area contributed by atoms with Crippen LogP contribution in [-0.4, -0.2) is 15.0 Å². The highest BCUT2D eigenvalue weighted by atomic mass is 15.4. The molecule has 0 aliphatic carbocycles. The molecule has 1 aromatic heterocycles. The van der Waals surface area contributed by atoms with Gasteiger partial charge >= 0.3 is 0 Å². The SMILES string of the molecule is C=C(CCCCC)c1cccc(-n2nnc3ccccc32)c1. The van der Waals surface area contributed by atoms with Crippen LogP contribution in [0.15, 0.2) is 55.1 Å². The van der Waals surface area contributed by atoms with E-state index in [1.807, 2.05) is 28.9 Å². The van der Waals surface area contributed by atoms with E-state index in [0.29, 0.717) is 0 Å². The highest BCUT2D eigenvalue weighted by Crippen LogP contribution is 2.23. The van der Waals surface area contributed by atoms with Crippen molar-refractivity contribution in [2.24, 2.45) is 0 Å². The van der Waals surface area contributed by atoms with Crippen LogP contribution in [0, 0.1) is 0 Å². The van der Waals surface area contributed by atoms with Gasteiger partial charge in [0.15, 0.2) is 0 Å². The van der Waals surface area contributed by atoms with Crippen molar-refractivity contribution in [3.05, 3.63) is 60.7 Å². The van der Waals surface area contributed by atoms with Crippen molar-refractivity contribution in [2.75, 3.05) is 0 Å². The van der Waals surface area contributed by atoms with Crippen molar-refractivity contribution < 1.29 is 0 Å². The average Bonchev–Trinajstić information content (AvgIpc) is 2.99. The summed E-state index contributed by atoms with van der Waals surface area (Å²) in [5.74, 6) is 0. The summed E-state index contributed by atoms with van der Waals surface area (Å²) in [7, 11) is 0. The zero-order valence-electron chi connectivity index (χ0n) is 13.0. The number of nitrogens with zero attached hydrogens (tertiary/aromatic N) is 3. The normalized spacial score (nSPS) is 11.0. The highest BCUT2D eigenvalue weighted by molar-refractivity contribution is 5.76. The monoisotopic (exact) mass is 291 g/mol. The number of aromatic nitrogens is 3. The maximum atomic E-state index is 4.28. The molecule has 0 unspecified atom stereocenters. The van der Waals surface area contributed by atoms with E-state index in [1.165, 1.54) is 30.4 Å². The number of hydrogen-bond donors (Lipinski definition) is 0. The van der Waals surface area contributed by atoms with Gasteiger partial charge in [-0.1, -0.05) is 55.8 Å². The molecule has 0 saturated carbocycles. The lowest BCUT2D eigenvalue weighted by Crippen LogP contribution is -1.97. The van der Waals surface area contributed by atoms with Gasteiger partial charge in [0.2, 0.25) is 0 Å². The second-order valence-electron chi connectivity index (χ2n) is 5.60. The number of unbranched alkanes of at least 4 members (excludes halogenated alkanes) is 2. The van der Waals surface area contributed by atoms with Crippen LogP contribution in [0.2, 0.25) is 0 Å². The van der Waals surface area contributed by atoms with Gasteiger partial charge in [0.25, 0.3) is 0 Å². The zero-order valence-corrected chi connectivity index (χ0v) is 13.0. The lowest BCUT2D eigenvalue weighted by molar-refractivity contribution is 0.735. The number of rotatable bonds is 6. The van der Waals surface area contributed by atoms with Crippen molar-refractivity contribution in [2.45, 2.75) is 32.6 Å². The molecule has 0 radical (unpaired) electrons. The van der Waals surface area contributed by atoms with Crippen LogP contribution in [0.25, 0.3) is 22.3 Å². The van der Waals surface area contributed by atoms with E-state index < -0.39 is 0 Å². The molecule has 0 N–H and O–H groups in total. The third-order valence-electron chi connectivity index (χ3n) is 3.93. The molecule has 0 atom stereocenters. The highest BCUT2D eigenvalue weighted by Gasteiger charge is 2.07. The molecule has 0 spiro atoms. The summed E-state index contributed by atoms with van der Waals surface area (Å²) >= 11 is 0. The smallest absolute Gasteiger partial charge is 0.113 e. The maximum absolute atomic E-state index is 4.28. The van der Waals surface area contributed by atoms with E-state index in [-0.39, 0.29) is 0 Å². The van der Waals surface area contributed by atoms with Crippen LogP contribution < -0.4 is 0 Å². The van der Waals surface area contributed by atoms with Crippen molar-refractivity contribution in [3.8, 4) is 5.69 Å². The van der Waals surface area contributed by atoms with Gasteiger partial charge in [0, 0.05) is 0 Å². The standard InChI is InChI=1S/C19H21N3/c1-3-4-5-9-15(2)16-10-8-11-17(14-16)22-19-13-7-6-12-18(19)20-21-22/h6-8,10-14H,2-5,9H2,1H3. The Morgan fingerprint density at radius 2 is 1.95 bits per heavy atom. The Kier molecular flexibility index (Phi) is 4.33. The predicted octanol–water partition coefficient (Wildman–Crippen LogP) is 5.01. The molecule has 3 heteroatoms. The van der Waals surface area contributed by atoms with Crippen LogP contribution in [0.3, 0.4) is 0 Å². The van der Waals surface area contributed by atoms with Crippen molar-refractivity contribution in [1.29, 1.82) is 0 Å². The summed E-state index contributed by atoms with van der Waals surface area (Å²) < 4.78 is 1.89. The Bertz CT molecular complexity index is 786. The minimum absolute atomic E-state index is 0.912. The summed E-state index contributed by atoms with van der Waals surface area (Å²) in [6.07, 6.45) is 4.74. The molecule has 3 rings (SSSR count). The van der Waals surface area contributed by atoms with E-state index in [4.69, 9.17) is 0 Å². The molecule has 2 aromatic carbocycles. The third-order valence-corrected chi connectivity index (χ3v) is 3.93. The number of benzene rings is 2. The van der Waals surface area contributed by atoms with E-state index in [1.54, 1.807) is 0 Å². The quantitative estimate of drug-likeness (QED) is 0.597. The first-order chi connectivity index (χ1) is 10.8. The average molecular weight is 291 g/mol. The lowest BCUT2D eigenvalue weighted by atomic mass is 10.0. The van der Waals surface area contributed by atoms with Gasteiger partial charge in [-0.15, -0.1) is 5.10 Å². The Morgan fingerprint density at radius 1 is 1.09 bits per heavy atom. The van der Waals surface area contributed by atoms with Gasteiger partial charge in [-0.2, -0.15) is 0 Å². The predicted molar refractivity (Wildman–Crippen MR) is 92.0 cm³/mol. The van der Waals surface area contributed by atoms with Gasteiger partial charge in [-0.05, 0) is 48.2 Å². The Hall–Kier alpha value is -2.42. The molecule has 3 aromatic rings. The van der Waals surface area contributed by atoms with Crippen molar-refractivity contribution >= 4 is 16.6 Å². The van der Waals surface area contributed by atoms with Crippen LogP contribution >= 0.6 is 0 Å². The van der Waals surface area contributed by atoms with Gasteiger partial charge in [0.05, 0.1) is 11.2 Å². The second-order valence-corrected chi connectivity index (χ2v) is 5.60. The van der Waals surface area contributed by atoms with E-state index in [9.17, 15) is 0 Å². The largest absolute Gasteiger partial charge is 0.213 e. The summed E-state index contributed by atoms with van der Waals surface area (Å²) in [5.41, 5.74) is 5.35. The molecule has 0 fully saturated rings. The molecule has 0 aliphatic rings. The maximum Gasteiger partial charge on any atom is 0.113 e. The van der Waals surface area contributed by atoms with Crippen molar-refractivity contribution in [3.63, 3.8) is 0 Å². The zero-order chi connectivity index (χ0) is 15.4. The molecule has 0 aliphatic heterocycles. The Balaban J connectivity index is 1.89. The van der Waals surface area contributed by atoms with Gasteiger partial charge in [-0.25, -0.2) is 4.68 Å². The number of allylic oxidation sites excluding steroid dienone is 1. The topological polar surface area (TPSA) is 30.7 Å². The lowest BCUT2D eigenvalue weighted by Gasteiger charge is -2.08. The third kappa shape index (κ3) is 2.93. The minimum atomic E-state index is 0.912. The molecular formula is C19H21N3. The number of hydrogen-bond acceptors (Lipinski definition) is 2. The van der Waals surface area contributed by atoms with Gasteiger partial charge in [0.1, 0.15) is 5.52 Å². The van der Waals surface area contributed by atoms with Crippen LogP contribution in [-0.2, 0) is 0 Å². The van der Waals surface area contributed by atoms with Crippen LogP contribution in [0.4, 0.5) is 0 Å². The molecular weight excluding hydrogens is 270 g/mol. The first-order valence-corrected chi connectivity index (χ1v) is 7.88. The first-order valence-electron chi connectivity index (χ1n) is 7.88. The molecule has 0 saturated heterocycles. The fourth-order valence-corrected chi connectivity index (χ4v) is 2.65. The van der Waals surface area contributed by atoms with Crippen LogP contribution in [0.5, 0.6) is 0 Å². The fraction of sp³-hybridized carbons (Fsp3) is 0.263. The van der Waals surface area contributed by atoms with Crippen LogP contribution in [0.1, 0.15) is 38.2 Å². The summed E-state index contributed by atoms with van der Waals surface area (Å²) in [5, 5.41) is 8.50. The van der Waals surface area contributed by atoms with Crippen molar-refractivity contribution in [1.82, 2.24) is 15.0 Å². The second kappa shape index (κ2) is 6.56. The number of para-hydroxylation sites is 1. The summed E-state index contributed by atoms with van der Waals surface area (Å²) in [6.45, 7) is 6.46. The summed E-state index contributed by atoms with van der Waals surface area (Å²) in [6, 6.07) is 16.4. The first kappa shape index (κ1) is 14.5. The molecule has 112 valence electrons. The fourth-order valence-electron chi connectivity index (χ4n) is 2.65. The molecule has 3 nitrogen and oxygen atoms in total.